The standard InChI is InChI=1S/C21H24N2O4/c1-4-14(2)16-8-10-18(11-9-16)23-20(25)13-27-21(26)17-6-5-7-19(12-17)22-15(3)24/h5-12,14H,4,13H2,1-3H3,(H,22,24)(H,23,25)/t14-/m1/s1. The average Bonchev–Trinajstić information content (AvgIpc) is 2.65. The molecule has 0 saturated heterocycles. The highest BCUT2D eigenvalue weighted by molar-refractivity contribution is 5.96. The molecule has 2 amide bonds. The summed E-state index contributed by atoms with van der Waals surface area (Å²) in [5.74, 6) is -0.828. The van der Waals surface area contributed by atoms with E-state index in [4.69, 9.17) is 4.74 Å². The molecular formula is C21H24N2O4. The highest BCUT2D eigenvalue weighted by Crippen LogP contribution is 2.20. The van der Waals surface area contributed by atoms with Crippen molar-refractivity contribution in [2.24, 2.45) is 0 Å². The molecule has 0 fully saturated rings. The van der Waals surface area contributed by atoms with Gasteiger partial charge in [0.15, 0.2) is 6.61 Å². The predicted octanol–water partition coefficient (Wildman–Crippen LogP) is 3.95. The maximum Gasteiger partial charge on any atom is 0.338 e. The molecule has 0 aliphatic heterocycles. The Morgan fingerprint density at radius 1 is 1.00 bits per heavy atom. The summed E-state index contributed by atoms with van der Waals surface area (Å²) in [6, 6.07) is 14.0. The minimum atomic E-state index is -0.635. The number of nitrogens with one attached hydrogen (secondary N) is 2. The number of amides is 2. The van der Waals surface area contributed by atoms with Gasteiger partial charge in [-0.15, -0.1) is 0 Å². The van der Waals surface area contributed by atoms with E-state index in [0.717, 1.165) is 6.42 Å². The SMILES string of the molecule is CC[C@@H](C)c1ccc(NC(=O)COC(=O)c2cccc(NC(C)=O)c2)cc1. The number of benzene rings is 2. The van der Waals surface area contributed by atoms with Crippen molar-refractivity contribution in [1.82, 2.24) is 0 Å². The zero-order valence-corrected chi connectivity index (χ0v) is 15.7. The number of esters is 1. The van der Waals surface area contributed by atoms with Crippen molar-refractivity contribution in [2.75, 3.05) is 17.2 Å². The van der Waals surface area contributed by atoms with Crippen LogP contribution in [0.2, 0.25) is 0 Å². The summed E-state index contributed by atoms with van der Waals surface area (Å²) in [6.45, 7) is 5.26. The Bertz CT molecular complexity index is 815. The smallest absolute Gasteiger partial charge is 0.338 e. The van der Waals surface area contributed by atoms with Crippen LogP contribution in [0.4, 0.5) is 11.4 Å². The quantitative estimate of drug-likeness (QED) is 0.725. The third-order valence-electron chi connectivity index (χ3n) is 4.13. The van der Waals surface area contributed by atoms with Gasteiger partial charge in [-0.05, 0) is 48.2 Å². The van der Waals surface area contributed by atoms with Crippen molar-refractivity contribution in [3.05, 3.63) is 59.7 Å². The molecule has 0 bridgehead atoms. The maximum atomic E-state index is 12.1. The zero-order valence-electron chi connectivity index (χ0n) is 15.7. The van der Waals surface area contributed by atoms with Crippen LogP contribution in [-0.2, 0) is 14.3 Å². The molecule has 6 nitrogen and oxygen atoms in total. The second kappa shape index (κ2) is 9.52. The van der Waals surface area contributed by atoms with Crippen LogP contribution in [0.3, 0.4) is 0 Å². The fourth-order valence-corrected chi connectivity index (χ4v) is 2.47. The highest BCUT2D eigenvalue weighted by Gasteiger charge is 2.11. The third kappa shape index (κ3) is 6.26. The summed E-state index contributed by atoms with van der Waals surface area (Å²) in [5, 5.41) is 5.29. The van der Waals surface area contributed by atoms with Gasteiger partial charge in [-0.1, -0.05) is 32.0 Å². The second-order valence-corrected chi connectivity index (χ2v) is 6.32. The molecule has 0 aromatic heterocycles. The van der Waals surface area contributed by atoms with Crippen LogP contribution in [0.15, 0.2) is 48.5 Å². The van der Waals surface area contributed by atoms with Crippen LogP contribution in [-0.4, -0.2) is 24.4 Å². The minimum absolute atomic E-state index is 0.237. The van der Waals surface area contributed by atoms with E-state index in [0.29, 0.717) is 17.3 Å². The number of rotatable bonds is 7. The molecule has 2 rings (SSSR count). The molecule has 0 heterocycles. The molecule has 0 spiro atoms. The van der Waals surface area contributed by atoms with Crippen LogP contribution >= 0.6 is 0 Å². The molecule has 1 atom stereocenters. The Kier molecular flexibility index (Phi) is 7.11. The number of hydrogen-bond acceptors (Lipinski definition) is 4. The molecule has 0 aliphatic carbocycles. The Balaban J connectivity index is 1.88. The van der Waals surface area contributed by atoms with E-state index in [1.54, 1.807) is 18.2 Å². The van der Waals surface area contributed by atoms with Gasteiger partial charge in [0.2, 0.25) is 5.91 Å². The first-order valence-corrected chi connectivity index (χ1v) is 8.83. The number of ether oxygens (including phenoxy) is 1. The predicted molar refractivity (Wildman–Crippen MR) is 105 cm³/mol. The number of carbonyl (C=O) groups excluding carboxylic acids is 3. The molecule has 0 aliphatic rings. The first-order chi connectivity index (χ1) is 12.9. The molecule has 27 heavy (non-hydrogen) atoms. The lowest BCUT2D eigenvalue weighted by Gasteiger charge is -2.11. The van der Waals surface area contributed by atoms with Gasteiger partial charge in [0, 0.05) is 18.3 Å². The van der Waals surface area contributed by atoms with Crippen molar-refractivity contribution in [1.29, 1.82) is 0 Å². The van der Waals surface area contributed by atoms with E-state index in [1.807, 2.05) is 24.3 Å². The summed E-state index contributed by atoms with van der Waals surface area (Å²) in [7, 11) is 0. The molecule has 2 N–H and O–H groups in total. The van der Waals surface area contributed by atoms with Crippen LogP contribution in [0.5, 0.6) is 0 Å². The highest BCUT2D eigenvalue weighted by atomic mass is 16.5. The molecule has 2 aromatic carbocycles. The molecule has 0 radical (unpaired) electrons. The largest absolute Gasteiger partial charge is 0.452 e. The fourth-order valence-electron chi connectivity index (χ4n) is 2.47. The van der Waals surface area contributed by atoms with Crippen molar-refractivity contribution < 1.29 is 19.1 Å². The Morgan fingerprint density at radius 2 is 1.70 bits per heavy atom. The van der Waals surface area contributed by atoms with Crippen LogP contribution in [0, 0.1) is 0 Å². The summed E-state index contributed by atoms with van der Waals surface area (Å²) < 4.78 is 5.04. The van der Waals surface area contributed by atoms with E-state index in [1.165, 1.54) is 18.6 Å². The van der Waals surface area contributed by atoms with Crippen molar-refractivity contribution in [3.8, 4) is 0 Å². The van der Waals surface area contributed by atoms with Crippen molar-refractivity contribution in [3.63, 3.8) is 0 Å². The first-order valence-electron chi connectivity index (χ1n) is 8.83. The van der Waals surface area contributed by atoms with Crippen LogP contribution in [0.25, 0.3) is 0 Å². The van der Waals surface area contributed by atoms with Gasteiger partial charge in [0.25, 0.3) is 5.91 Å². The van der Waals surface area contributed by atoms with Crippen molar-refractivity contribution in [2.45, 2.75) is 33.1 Å². The second-order valence-electron chi connectivity index (χ2n) is 6.32. The van der Waals surface area contributed by atoms with Crippen LogP contribution < -0.4 is 10.6 Å². The number of carbonyl (C=O) groups is 3. The molecule has 0 saturated carbocycles. The fraction of sp³-hybridized carbons (Fsp3) is 0.286. The number of hydrogen-bond donors (Lipinski definition) is 2. The van der Waals surface area contributed by atoms with Gasteiger partial charge in [0.05, 0.1) is 5.56 Å². The van der Waals surface area contributed by atoms with Gasteiger partial charge in [-0.25, -0.2) is 4.79 Å². The normalized spacial score (nSPS) is 11.4. The summed E-state index contributed by atoms with van der Waals surface area (Å²) in [5.41, 5.74) is 2.60. The lowest BCUT2D eigenvalue weighted by atomic mass is 9.99. The van der Waals surface area contributed by atoms with Gasteiger partial charge in [-0.3, -0.25) is 9.59 Å². The summed E-state index contributed by atoms with van der Waals surface area (Å²) >= 11 is 0. The number of anilines is 2. The molecule has 6 heteroatoms. The van der Waals surface area contributed by atoms with E-state index in [9.17, 15) is 14.4 Å². The van der Waals surface area contributed by atoms with Crippen LogP contribution in [0.1, 0.15) is 49.0 Å². The lowest BCUT2D eigenvalue weighted by Crippen LogP contribution is -2.21. The Labute approximate surface area is 158 Å². The van der Waals surface area contributed by atoms with Gasteiger partial charge in [-0.2, -0.15) is 0 Å². The van der Waals surface area contributed by atoms with Crippen molar-refractivity contribution >= 4 is 29.2 Å². The average molecular weight is 368 g/mol. The molecule has 142 valence electrons. The zero-order chi connectivity index (χ0) is 19.8. The topological polar surface area (TPSA) is 84.5 Å². The monoisotopic (exact) mass is 368 g/mol. The van der Waals surface area contributed by atoms with Gasteiger partial charge in [0.1, 0.15) is 0 Å². The Hall–Kier alpha value is -3.15. The van der Waals surface area contributed by atoms with E-state index in [2.05, 4.69) is 24.5 Å². The van der Waals surface area contributed by atoms with E-state index < -0.39 is 18.5 Å². The molecular weight excluding hydrogens is 344 g/mol. The first kappa shape index (κ1) is 20.2. The summed E-state index contributed by atoms with van der Waals surface area (Å²) in [6.07, 6.45) is 1.05. The molecule has 0 unspecified atom stereocenters. The van der Waals surface area contributed by atoms with Gasteiger partial charge >= 0.3 is 5.97 Å². The minimum Gasteiger partial charge on any atom is -0.452 e. The van der Waals surface area contributed by atoms with E-state index in [-0.39, 0.29) is 11.5 Å². The van der Waals surface area contributed by atoms with E-state index >= 15 is 0 Å². The third-order valence-corrected chi connectivity index (χ3v) is 4.13. The summed E-state index contributed by atoms with van der Waals surface area (Å²) in [4.78, 5) is 35.1. The maximum absolute atomic E-state index is 12.1. The lowest BCUT2D eigenvalue weighted by molar-refractivity contribution is -0.119. The molecule has 2 aromatic rings. The van der Waals surface area contributed by atoms with Gasteiger partial charge < -0.3 is 15.4 Å². The Morgan fingerprint density at radius 3 is 2.33 bits per heavy atom.